The minimum atomic E-state index is -0.206. The smallest absolute Gasteiger partial charge is 0.254 e. The summed E-state index contributed by atoms with van der Waals surface area (Å²) < 4.78 is 12.0. The van der Waals surface area contributed by atoms with Crippen LogP contribution in [0, 0.1) is 0 Å². The van der Waals surface area contributed by atoms with E-state index in [2.05, 4.69) is 10.3 Å². The van der Waals surface area contributed by atoms with Gasteiger partial charge >= 0.3 is 0 Å². The van der Waals surface area contributed by atoms with Crippen LogP contribution in [-0.2, 0) is 4.79 Å². The number of nitrogens with one attached hydrogen (secondary N) is 1. The number of rotatable bonds is 5. The Morgan fingerprint density at radius 1 is 1.38 bits per heavy atom. The molecule has 0 saturated heterocycles. The standard InChI is InChI=1S/C16H17N3O4S/c1-22-11-3-4-13(23-2)12(8-11)18-14(20)7-10-9-24-16-17-6-5-15(21)19(10)16/h3-6,8,10H,7,9H2,1-2H3,(H,18,20). The maximum Gasteiger partial charge on any atom is 0.254 e. The van der Waals surface area contributed by atoms with Crippen LogP contribution in [0.3, 0.4) is 0 Å². The molecular formula is C16H17N3O4S. The van der Waals surface area contributed by atoms with Crippen LogP contribution in [0.4, 0.5) is 5.69 Å². The molecule has 126 valence electrons. The number of hydrogen-bond donors (Lipinski definition) is 1. The summed E-state index contributed by atoms with van der Waals surface area (Å²) in [7, 11) is 3.09. The first-order chi connectivity index (χ1) is 11.6. The topological polar surface area (TPSA) is 82.5 Å². The molecule has 1 aliphatic heterocycles. The van der Waals surface area contributed by atoms with Crippen molar-refractivity contribution in [3.05, 3.63) is 40.8 Å². The van der Waals surface area contributed by atoms with Crippen molar-refractivity contribution >= 4 is 23.4 Å². The molecule has 24 heavy (non-hydrogen) atoms. The minimum Gasteiger partial charge on any atom is -0.497 e. The van der Waals surface area contributed by atoms with E-state index >= 15 is 0 Å². The molecule has 0 bridgehead atoms. The highest BCUT2D eigenvalue weighted by Gasteiger charge is 2.27. The number of aromatic nitrogens is 2. The zero-order chi connectivity index (χ0) is 17.1. The molecule has 2 heterocycles. The first-order valence-electron chi connectivity index (χ1n) is 7.34. The molecule has 1 unspecified atom stereocenters. The molecule has 1 atom stereocenters. The first kappa shape index (κ1) is 16.4. The summed E-state index contributed by atoms with van der Waals surface area (Å²) in [6.45, 7) is 0. The fraction of sp³-hybridized carbons (Fsp3) is 0.312. The first-order valence-corrected chi connectivity index (χ1v) is 8.33. The third-order valence-electron chi connectivity index (χ3n) is 3.72. The molecule has 0 fully saturated rings. The molecule has 7 nitrogen and oxygen atoms in total. The fourth-order valence-electron chi connectivity index (χ4n) is 2.57. The van der Waals surface area contributed by atoms with Crippen molar-refractivity contribution in [2.75, 3.05) is 25.3 Å². The summed E-state index contributed by atoms with van der Waals surface area (Å²) in [6.07, 6.45) is 1.68. The molecule has 3 rings (SSSR count). The predicted molar refractivity (Wildman–Crippen MR) is 91.1 cm³/mol. The van der Waals surface area contributed by atoms with Crippen LogP contribution >= 0.6 is 11.8 Å². The van der Waals surface area contributed by atoms with Gasteiger partial charge in [-0.3, -0.25) is 14.2 Å². The van der Waals surface area contributed by atoms with Gasteiger partial charge in [-0.05, 0) is 12.1 Å². The second-order valence-corrected chi connectivity index (χ2v) is 6.21. The van der Waals surface area contributed by atoms with Gasteiger partial charge in [0.05, 0.1) is 25.9 Å². The van der Waals surface area contributed by atoms with Crippen LogP contribution in [0.2, 0.25) is 0 Å². The Bertz CT molecular complexity index is 821. The maximum atomic E-state index is 12.4. The Kier molecular flexibility index (Phi) is 4.75. The normalized spacial score (nSPS) is 15.7. The molecule has 2 aromatic rings. The molecule has 0 radical (unpaired) electrons. The van der Waals surface area contributed by atoms with E-state index in [1.807, 2.05) is 0 Å². The number of carbonyl (C=O) groups excluding carboxylic acids is 1. The summed E-state index contributed by atoms with van der Waals surface area (Å²) >= 11 is 1.48. The van der Waals surface area contributed by atoms with Gasteiger partial charge in [-0.1, -0.05) is 11.8 Å². The van der Waals surface area contributed by atoms with Gasteiger partial charge in [0, 0.05) is 30.5 Å². The highest BCUT2D eigenvalue weighted by Crippen LogP contribution is 2.33. The second-order valence-electron chi connectivity index (χ2n) is 5.22. The van der Waals surface area contributed by atoms with E-state index in [-0.39, 0.29) is 23.9 Å². The molecule has 1 amide bonds. The van der Waals surface area contributed by atoms with Gasteiger partial charge in [0.15, 0.2) is 5.16 Å². The molecule has 1 N–H and O–H groups in total. The predicted octanol–water partition coefficient (Wildman–Crippen LogP) is 1.94. The maximum absolute atomic E-state index is 12.4. The number of anilines is 1. The van der Waals surface area contributed by atoms with Gasteiger partial charge in [-0.2, -0.15) is 0 Å². The average molecular weight is 347 g/mol. The van der Waals surface area contributed by atoms with Gasteiger partial charge < -0.3 is 14.8 Å². The van der Waals surface area contributed by atoms with Gasteiger partial charge in [0.2, 0.25) is 5.91 Å². The van der Waals surface area contributed by atoms with Crippen molar-refractivity contribution in [3.8, 4) is 11.5 Å². The van der Waals surface area contributed by atoms with Crippen LogP contribution < -0.4 is 20.3 Å². The Balaban J connectivity index is 1.75. The van der Waals surface area contributed by atoms with Gasteiger partial charge in [-0.25, -0.2) is 4.98 Å². The van der Waals surface area contributed by atoms with Crippen molar-refractivity contribution < 1.29 is 14.3 Å². The molecule has 0 aliphatic carbocycles. The highest BCUT2D eigenvalue weighted by molar-refractivity contribution is 7.99. The zero-order valence-electron chi connectivity index (χ0n) is 13.3. The van der Waals surface area contributed by atoms with Crippen LogP contribution in [0.25, 0.3) is 0 Å². The zero-order valence-corrected chi connectivity index (χ0v) is 14.1. The largest absolute Gasteiger partial charge is 0.497 e. The van der Waals surface area contributed by atoms with Crippen molar-refractivity contribution in [3.63, 3.8) is 0 Å². The lowest BCUT2D eigenvalue weighted by atomic mass is 10.2. The van der Waals surface area contributed by atoms with Crippen molar-refractivity contribution in [1.82, 2.24) is 9.55 Å². The molecule has 0 saturated carbocycles. The number of fused-ring (bicyclic) bond motifs is 1. The monoisotopic (exact) mass is 347 g/mol. The average Bonchev–Trinajstić information content (AvgIpc) is 2.99. The number of thioether (sulfide) groups is 1. The third-order valence-corrected chi connectivity index (χ3v) is 4.83. The van der Waals surface area contributed by atoms with E-state index in [1.165, 1.54) is 31.1 Å². The number of amides is 1. The van der Waals surface area contributed by atoms with Crippen LogP contribution in [-0.4, -0.2) is 35.4 Å². The van der Waals surface area contributed by atoms with E-state index in [9.17, 15) is 9.59 Å². The molecule has 8 heteroatoms. The van der Waals surface area contributed by atoms with Crippen molar-refractivity contribution in [2.24, 2.45) is 0 Å². The van der Waals surface area contributed by atoms with E-state index in [0.717, 1.165) is 0 Å². The van der Waals surface area contributed by atoms with Crippen LogP contribution in [0.5, 0.6) is 11.5 Å². The fourth-order valence-corrected chi connectivity index (χ4v) is 3.69. The Morgan fingerprint density at radius 2 is 2.21 bits per heavy atom. The molecule has 1 aromatic carbocycles. The third kappa shape index (κ3) is 3.23. The number of benzene rings is 1. The Hall–Kier alpha value is -2.48. The van der Waals surface area contributed by atoms with Gasteiger partial charge in [-0.15, -0.1) is 0 Å². The molecule has 0 spiro atoms. The van der Waals surface area contributed by atoms with E-state index in [0.29, 0.717) is 28.1 Å². The van der Waals surface area contributed by atoms with E-state index < -0.39 is 0 Å². The van der Waals surface area contributed by atoms with Crippen LogP contribution in [0.15, 0.2) is 40.4 Å². The quantitative estimate of drug-likeness (QED) is 0.833. The Morgan fingerprint density at radius 3 is 2.96 bits per heavy atom. The summed E-state index contributed by atoms with van der Waals surface area (Å²) in [5, 5.41) is 3.48. The lowest BCUT2D eigenvalue weighted by Crippen LogP contribution is -2.26. The van der Waals surface area contributed by atoms with Gasteiger partial charge in [0.1, 0.15) is 11.5 Å². The number of carbonyl (C=O) groups is 1. The number of nitrogens with zero attached hydrogens (tertiary/aromatic N) is 2. The number of ether oxygens (including phenoxy) is 2. The van der Waals surface area contributed by atoms with E-state index in [1.54, 1.807) is 29.9 Å². The van der Waals surface area contributed by atoms with Crippen molar-refractivity contribution in [2.45, 2.75) is 17.6 Å². The SMILES string of the molecule is COc1ccc(OC)c(NC(=O)CC2CSc3nccc(=O)n32)c1. The van der Waals surface area contributed by atoms with E-state index in [4.69, 9.17) is 9.47 Å². The number of hydrogen-bond acceptors (Lipinski definition) is 6. The highest BCUT2D eigenvalue weighted by atomic mass is 32.2. The van der Waals surface area contributed by atoms with Gasteiger partial charge in [0.25, 0.3) is 5.56 Å². The lowest BCUT2D eigenvalue weighted by Gasteiger charge is -2.15. The minimum absolute atomic E-state index is 0.137. The summed E-state index contributed by atoms with van der Waals surface area (Å²) in [5.41, 5.74) is 0.396. The summed E-state index contributed by atoms with van der Waals surface area (Å²) in [6, 6.07) is 6.38. The molecule has 1 aliphatic rings. The Labute approximate surface area is 143 Å². The van der Waals surface area contributed by atoms with Crippen molar-refractivity contribution in [1.29, 1.82) is 0 Å². The lowest BCUT2D eigenvalue weighted by molar-refractivity contribution is -0.116. The van der Waals surface area contributed by atoms with Crippen LogP contribution in [0.1, 0.15) is 12.5 Å². The molecule has 1 aromatic heterocycles. The summed E-state index contributed by atoms with van der Waals surface area (Å²) in [5.74, 6) is 1.61. The summed E-state index contributed by atoms with van der Waals surface area (Å²) in [4.78, 5) is 28.6. The molecular weight excluding hydrogens is 330 g/mol. The number of methoxy groups -OCH3 is 2. The second kappa shape index (κ2) is 6.96.